The highest BCUT2D eigenvalue weighted by atomic mass is 16.5. The zero-order chi connectivity index (χ0) is 19.1. The summed E-state index contributed by atoms with van der Waals surface area (Å²) in [5.41, 5.74) is 3.07. The summed E-state index contributed by atoms with van der Waals surface area (Å²) < 4.78 is 5.25. The molecule has 0 radical (unpaired) electrons. The van der Waals surface area contributed by atoms with Crippen molar-refractivity contribution in [3.05, 3.63) is 65.2 Å². The highest BCUT2D eigenvalue weighted by Crippen LogP contribution is 2.28. The first-order valence-corrected chi connectivity index (χ1v) is 9.39. The van der Waals surface area contributed by atoms with Crippen molar-refractivity contribution in [1.29, 1.82) is 5.26 Å². The van der Waals surface area contributed by atoms with Gasteiger partial charge in [-0.1, -0.05) is 24.3 Å². The standard InChI is InChI=1S/C22H26N4O/c1-3-24-22(25-15-18-6-4-5-17(13-18)14-23)26-12-11-20(16-26)19-7-9-21(27-2)10-8-19/h4-10,13,20H,3,11-12,15-16H2,1-2H3,(H,24,25). The second kappa shape index (κ2) is 9.09. The van der Waals surface area contributed by atoms with Crippen LogP contribution in [-0.2, 0) is 6.54 Å². The number of benzene rings is 2. The van der Waals surface area contributed by atoms with Gasteiger partial charge < -0.3 is 15.0 Å². The zero-order valence-corrected chi connectivity index (χ0v) is 16.0. The SMILES string of the molecule is CCNC(=NCc1cccc(C#N)c1)N1CCC(c2ccc(OC)cc2)C1. The molecule has 1 heterocycles. The molecule has 0 aliphatic carbocycles. The van der Waals surface area contributed by atoms with Crippen molar-refractivity contribution >= 4 is 5.96 Å². The van der Waals surface area contributed by atoms with Crippen LogP contribution in [0.3, 0.4) is 0 Å². The van der Waals surface area contributed by atoms with Crippen LogP contribution in [-0.4, -0.2) is 37.6 Å². The lowest BCUT2D eigenvalue weighted by atomic mass is 9.98. The van der Waals surface area contributed by atoms with Gasteiger partial charge in [-0.3, -0.25) is 0 Å². The molecule has 2 aromatic carbocycles. The Hall–Kier alpha value is -3.00. The number of rotatable bonds is 5. The van der Waals surface area contributed by atoms with Crippen molar-refractivity contribution in [2.24, 2.45) is 4.99 Å². The minimum atomic E-state index is 0.502. The average molecular weight is 362 g/mol. The molecule has 1 fully saturated rings. The van der Waals surface area contributed by atoms with Gasteiger partial charge in [0, 0.05) is 25.6 Å². The van der Waals surface area contributed by atoms with Crippen LogP contribution in [0.1, 0.15) is 36.0 Å². The van der Waals surface area contributed by atoms with Gasteiger partial charge in [0.25, 0.3) is 0 Å². The molecule has 0 amide bonds. The maximum absolute atomic E-state index is 9.05. The summed E-state index contributed by atoms with van der Waals surface area (Å²) in [6.45, 7) is 5.43. The quantitative estimate of drug-likeness (QED) is 0.653. The molecule has 1 N–H and O–H groups in total. The van der Waals surface area contributed by atoms with Gasteiger partial charge in [0.2, 0.25) is 0 Å². The van der Waals surface area contributed by atoms with E-state index in [0.29, 0.717) is 18.0 Å². The second-order valence-corrected chi connectivity index (χ2v) is 6.69. The van der Waals surface area contributed by atoms with Gasteiger partial charge in [-0.25, -0.2) is 4.99 Å². The Kier molecular flexibility index (Phi) is 6.32. The van der Waals surface area contributed by atoms with Crippen molar-refractivity contribution in [3.8, 4) is 11.8 Å². The van der Waals surface area contributed by atoms with Crippen LogP contribution in [0.25, 0.3) is 0 Å². The molecule has 0 bridgehead atoms. The van der Waals surface area contributed by atoms with Gasteiger partial charge in [0.15, 0.2) is 5.96 Å². The van der Waals surface area contributed by atoms with Crippen molar-refractivity contribution in [3.63, 3.8) is 0 Å². The zero-order valence-electron chi connectivity index (χ0n) is 16.0. The number of likely N-dealkylation sites (tertiary alicyclic amines) is 1. The van der Waals surface area contributed by atoms with Crippen LogP contribution in [0.5, 0.6) is 5.75 Å². The van der Waals surface area contributed by atoms with E-state index >= 15 is 0 Å². The van der Waals surface area contributed by atoms with E-state index in [1.165, 1.54) is 5.56 Å². The van der Waals surface area contributed by atoms with Crippen LogP contribution in [0.15, 0.2) is 53.5 Å². The summed E-state index contributed by atoms with van der Waals surface area (Å²) in [7, 11) is 1.69. The first-order chi connectivity index (χ1) is 13.2. The largest absolute Gasteiger partial charge is 0.497 e. The van der Waals surface area contributed by atoms with E-state index in [1.807, 2.05) is 36.4 Å². The molecule has 27 heavy (non-hydrogen) atoms. The number of hydrogen-bond donors (Lipinski definition) is 1. The van der Waals surface area contributed by atoms with Gasteiger partial charge in [0.05, 0.1) is 25.3 Å². The average Bonchev–Trinajstić information content (AvgIpc) is 3.21. The molecule has 1 unspecified atom stereocenters. The van der Waals surface area contributed by atoms with Gasteiger partial charge in [0.1, 0.15) is 5.75 Å². The summed E-state index contributed by atoms with van der Waals surface area (Å²) in [4.78, 5) is 7.12. The van der Waals surface area contributed by atoms with E-state index in [0.717, 1.165) is 43.3 Å². The Balaban J connectivity index is 1.68. The van der Waals surface area contributed by atoms with Crippen molar-refractivity contribution < 1.29 is 4.74 Å². The molecule has 3 rings (SSSR count). The molecule has 1 saturated heterocycles. The predicted octanol–water partition coefficient (Wildman–Crippen LogP) is 3.52. The van der Waals surface area contributed by atoms with Crippen LogP contribution in [0.4, 0.5) is 0 Å². The van der Waals surface area contributed by atoms with Gasteiger partial charge in [-0.15, -0.1) is 0 Å². The second-order valence-electron chi connectivity index (χ2n) is 6.69. The third-order valence-electron chi connectivity index (χ3n) is 4.88. The fourth-order valence-corrected chi connectivity index (χ4v) is 3.43. The Labute approximate surface area is 161 Å². The monoisotopic (exact) mass is 362 g/mol. The normalized spacial score (nSPS) is 16.9. The predicted molar refractivity (Wildman–Crippen MR) is 108 cm³/mol. The Morgan fingerprint density at radius 2 is 2.11 bits per heavy atom. The fraction of sp³-hybridized carbons (Fsp3) is 0.364. The molecule has 0 spiro atoms. The first-order valence-electron chi connectivity index (χ1n) is 9.39. The van der Waals surface area contributed by atoms with Crippen LogP contribution < -0.4 is 10.1 Å². The molecule has 0 saturated carbocycles. The molecule has 2 aromatic rings. The van der Waals surface area contributed by atoms with Crippen molar-refractivity contribution in [2.45, 2.75) is 25.8 Å². The van der Waals surface area contributed by atoms with Crippen LogP contribution >= 0.6 is 0 Å². The molecule has 0 aromatic heterocycles. The summed E-state index contributed by atoms with van der Waals surface area (Å²) in [6.07, 6.45) is 1.11. The Morgan fingerprint density at radius 3 is 2.81 bits per heavy atom. The minimum Gasteiger partial charge on any atom is -0.497 e. The fourth-order valence-electron chi connectivity index (χ4n) is 3.43. The molecule has 1 aliphatic rings. The van der Waals surface area contributed by atoms with Gasteiger partial charge >= 0.3 is 0 Å². The molecule has 5 heteroatoms. The molecule has 140 valence electrons. The maximum atomic E-state index is 9.05. The molecule has 1 aliphatic heterocycles. The van der Waals surface area contributed by atoms with E-state index in [1.54, 1.807) is 7.11 Å². The molecular formula is C22H26N4O. The Bertz CT molecular complexity index is 823. The van der Waals surface area contributed by atoms with E-state index in [9.17, 15) is 0 Å². The van der Waals surface area contributed by atoms with Gasteiger partial charge in [-0.2, -0.15) is 5.26 Å². The lowest BCUT2D eigenvalue weighted by molar-refractivity contribution is 0.414. The van der Waals surface area contributed by atoms with Crippen molar-refractivity contribution in [1.82, 2.24) is 10.2 Å². The number of ether oxygens (including phenoxy) is 1. The lowest BCUT2D eigenvalue weighted by Crippen LogP contribution is -2.40. The van der Waals surface area contributed by atoms with E-state index < -0.39 is 0 Å². The van der Waals surface area contributed by atoms with E-state index in [2.05, 4.69) is 35.3 Å². The topological polar surface area (TPSA) is 60.7 Å². The third kappa shape index (κ3) is 4.79. The number of nitrogens with zero attached hydrogens (tertiary/aromatic N) is 3. The Morgan fingerprint density at radius 1 is 1.30 bits per heavy atom. The highest BCUT2D eigenvalue weighted by Gasteiger charge is 2.26. The number of nitrogens with one attached hydrogen (secondary N) is 1. The smallest absolute Gasteiger partial charge is 0.194 e. The summed E-state index contributed by atoms with van der Waals surface area (Å²) >= 11 is 0. The van der Waals surface area contributed by atoms with E-state index in [-0.39, 0.29) is 0 Å². The summed E-state index contributed by atoms with van der Waals surface area (Å²) in [5.74, 6) is 2.33. The maximum Gasteiger partial charge on any atom is 0.194 e. The van der Waals surface area contributed by atoms with Crippen LogP contribution in [0, 0.1) is 11.3 Å². The molecular weight excluding hydrogens is 336 g/mol. The highest BCUT2D eigenvalue weighted by molar-refractivity contribution is 5.80. The number of aliphatic imine (C=N–C) groups is 1. The molecule has 5 nitrogen and oxygen atoms in total. The number of hydrogen-bond acceptors (Lipinski definition) is 3. The molecule has 1 atom stereocenters. The third-order valence-corrected chi connectivity index (χ3v) is 4.88. The number of nitriles is 1. The summed E-state index contributed by atoms with van der Waals surface area (Å²) in [6, 6.07) is 18.2. The first kappa shape index (κ1) is 18.8. The minimum absolute atomic E-state index is 0.502. The van der Waals surface area contributed by atoms with Gasteiger partial charge in [-0.05, 0) is 48.7 Å². The number of guanidine groups is 1. The van der Waals surface area contributed by atoms with E-state index in [4.69, 9.17) is 15.0 Å². The van der Waals surface area contributed by atoms with Crippen LogP contribution in [0.2, 0.25) is 0 Å². The van der Waals surface area contributed by atoms with Crippen molar-refractivity contribution in [2.75, 3.05) is 26.7 Å². The summed E-state index contributed by atoms with van der Waals surface area (Å²) in [5, 5.41) is 12.5. The lowest BCUT2D eigenvalue weighted by Gasteiger charge is -2.22. The number of methoxy groups -OCH3 is 1.